The van der Waals surface area contributed by atoms with Gasteiger partial charge >= 0.3 is 0 Å². The lowest BCUT2D eigenvalue weighted by Gasteiger charge is -2.34. The number of rotatable bonds is 2. The molecule has 1 aliphatic heterocycles. The largest absolute Gasteiger partial charge is 0.372 e. The van der Waals surface area contributed by atoms with Crippen molar-refractivity contribution in [2.45, 2.75) is 26.1 Å². The molecule has 1 amide bonds. The maximum Gasteiger partial charge on any atom is 0.272 e. The Balaban J connectivity index is 1.78. The molecular weight excluding hydrogens is 302 g/mol. The summed E-state index contributed by atoms with van der Waals surface area (Å²) in [6.07, 6.45) is 0.0951. The van der Waals surface area contributed by atoms with E-state index in [1.54, 1.807) is 23.1 Å². The summed E-state index contributed by atoms with van der Waals surface area (Å²) in [7, 11) is 0. The second kappa shape index (κ2) is 6.10. The Morgan fingerprint density at radius 2 is 1.91 bits per heavy atom. The molecule has 1 fully saturated rings. The lowest BCUT2D eigenvalue weighted by atomic mass is 10.1. The van der Waals surface area contributed by atoms with Crippen molar-refractivity contribution in [3.63, 3.8) is 0 Å². The predicted octanol–water partition coefficient (Wildman–Crippen LogP) is 2.98. The SMILES string of the molecule is C[C@H]1CN(C(=O)c2cc(-c3ccc(Cl)cc3)n[nH]2)C[C@H](C)O1. The van der Waals surface area contributed by atoms with Crippen molar-refractivity contribution in [3.05, 3.63) is 41.0 Å². The van der Waals surface area contributed by atoms with E-state index in [2.05, 4.69) is 10.2 Å². The highest BCUT2D eigenvalue weighted by Gasteiger charge is 2.27. The molecular formula is C16H18ClN3O2. The fourth-order valence-electron chi connectivity index (χ4n) is 2.71. The Morgan fingerprint density at radius 1 is 1.27 bits per heavy atom. The van der Waals surface area contributed by atoms with Crippen LogP contribution in [-0.2, 0) is 4.74 Å². The number of hydrogen-bond acceptors (Lipinski definition) is 3. The third-order valence-electron chi connectivity index (χ3n) is 3.66. The first-order chi connectivity index (χ1) is 10.5. The van der Waals surface area contributed by atoms with Crippen LogP contribution in [0.5, 0.6) is 0 Å². The van der Waals surface area contributed by atoms with Crippen LogP contribution in [0, 0.1) is 0 Å². The summed E-state index contributed by atoms with van der Waals surface area (Å²) in [6.45, 7) is 5.14. The van der Waals surface area contributed by atoms with Gasteiger partial charge in [0.05, 0.1) is 17.9 Å². The number of amides is 1. The zero-order valence-electron chi connectivity index (χ0n) is 12.5. The van der Waals surface area contributed by atoms with Crippen LogP contribution in [-0.4, -0.2) is 46.3 Å². The first-order valence-corrected chi connectivity index (χ1v) is 7.67. The van der Waals surface area contributed by atoms with E-state index in [4.69, 9.17) is 16.3 Å². The number of nitrogens with one attached hydrogen (secondary N) is 1. The van der Waals surface area contributed by atoms with Gasteiger partial charge < -0.3 is 9.64 Å². The van der Waals surface area contributed by atoms with Crippen molar-refractivity contribution >= 4 is 17.5 Å². The molecule has 116 valence electrons. The van der Waals surface area contributed by atoms with Crippen LogP contribution in [0.1, 0.15) is 24.3 Å². The van der Waals surface area contributed by atoms with Gasteiger partial charge in [0.2, 0.25) is 0 Å². The molecule has 0 saturated carbocycles. The Bertz CT molecular complexity index is 658. The summed E-state index contributed by atoms with van der Waals surface area (Å²) in [6, 6.07) is 9.14. The van der Waals surface area contributed by atoms with Gasteiger partial charge in [0, 0.05) is 23.7 Å². The molecule has 3 rings (SSSR count). The fourth-order valence-corrected chi connectivity index (χ4v) is 2.84. The number of H-pyrrole nitrogens is 1. The van der Waals surface area contributed by atoms with Gasteiger partial charge in [-0.05, 0) is 32.0 Å². The van der Waals surface area contributed by atoms with Crippen LogP contribution in [0.15, 0.2) is 30.3 Å². The van der Waals surface area contributed by atoms with Crippen molar-refractivity contribution in [2.75, 3.05) is 13.1 Å². The molecule has 1 N–H and O–H groups in total. The molecule has 2 aromatic rings. The monoisotopic (exact) mass is 319 g/mol. The van der Waals surface area contributed by atoms with E-state index in [1.807, 2.05) is 26.0 Å². The molecule has 1 aromatic heterocycles. The highest BCUT2D eigenvalue weighted by atomic mass is 35.5. The normalized spacial score (nSPS) is 21.9. The minimum absolute atomic E-state index is 0.0466. The van der Waals surface area contributed by atoms with Gasteiger partial charge in [0.1, 0.15) is 5.69 Å². The van der Waals surface area contributed by atoms with Crippen molar-refractivity contribution in [2.24, 2.45) is 0 Å². The minimum atomic E-state index is -0.0466. The van der Waals surface area contributed by atoms with E-state index >= 15 is 0 Å². The van der Waals surface area contributed by atoms with E-state index < -0.39 is 0 Å². The molecule has 1 aliphatic rings. The maximum absolute atomic E-state index is 12.6. The minimum Gasteiger partial charge on any atom is -0.372 e. The molecule has 0 spiro atoms. The third kappa shape index (κ3) is 3.15. The summed E-state index contributed by atoms with van der Waals surface area (Å²) >= 11 is 5.88. The summed E-state index contributed by atoms with van der Waals surface area (Å²) < 4.78 is 5.66. The number of halogens is 1. The lowest BCUT2D eigenvalue weighted by molar-refractivity contribution is -0.0587. The van der Waals surface area contributed by atoms with Crippen molar-refractivity contribution in [1.29, 1.82) is 0 Å². The average Bonchev–Trinajstić information content (AvgIpc) is 2.96. The number of carbonyl (C=O) groups is 1. The summed E-state index contributed by atoms with van der Waals surface area (Å²) in [4.78, 5) is 14.4. The van der Waals surface area contributed by atoms with Crippen molar-refractivity contribution in [1.82, 2.24) is 15.1 Å². The molecule has 0 aliphatic carbocycles. The number of morpholine rings is 1. The molecule has 0 unspecified atom stereocenters. The maximum atomic E-state index is 12.6. The van der Waals surface area contributed by atoms with Crippen LogP contribution in [0.3, 0.4) is 0 Å². The van der Waals surface area contributed by atoms with E-state index in [0.29, 0.717) is 23.8 Å². The van der Waals surface area contributed by atoms with Gasteiger partial charge in [-0.25, -0.2) is 0 Å². The second-order valence-electron chi connectivity index (χ2n) is 5.64. The average molecular weight is 320 g/mol. The van der Waals surface area contributed by atoms with E-state index in [0.717, 1.165) is 11.3 Å². The molecule has 0 radical (unpaired) electrons. The standard InChI is InChI=1S/C16H18ClN3O2/c1-10-8-20(9-11(2)22-10)16(21)15-7-14(18-19-15)12-3-5-13(17)6-4-12/h3-7,10-11H,8-9H2,1-2H3,(H,18,19)/t10-,11-/m0/s1. The van der Waals surface area contributed by atoms with E-state index in [9.17, 15) is 4.79 Å². The van der Waals surface area contributed by atoms with Gasteiger partial charge in [-0.2, -0.15) is 5.10 Å². The van der Waals surface area contributed by atoms with Crippen molar-refractivity contribution in [3.8, 4) is 11.3 Å². The molecule has 6 heteroatoms. The van der Waals surface area contributed by atoms with Gasteiger partial charge in [-0.3, -0.25) is 9.89 Å². The van der Waals surface area contributed by atoms with Crippen molar-refractivity contribution < 1.29 is 9.53 Å². The lowest BCUT2D eigenvalue weighted by Crippen LogP contribution is -2.48. The highest BCUT2D eigenvalue weighted by molar-refractivity contribution is 6.30. The molecule has 0 bridgehead atoms. The molecule has 2 heterocycles. The van der Waals surface area contributed by atoms with Crippen LogP contribution >= 0.6 is 11.6 Å². The zero-order valence-corrected chi connectivity index (χ0v) is 13.3. The molecule has 5 nitrogen and oxygen atoms in total. The number of nitrogens with zero attached hydrogens (tertiary/aromatic N) is 2. The summed E-state index contributed by atoms with van der Waals surface area (Å²) in [5.41, 5.74) is 2.14. The van der Waals surface area contributed by atoms with E-state index in [-0.39, 0.29) is 18.1 Å². The Hall–Kier alpha value is -1.85. The summed E-state index contributed by atoms with van der Waals surface area (Å²) in [5, 5.41) is 7.73. The number of aromatic nitrogens is 2. The predicted molar refractivity (Wildman–Crippen MR) is 84.9 cm³/mol. The molecule has 22 heavy (non-hydrogen) atoms. The third-order valence-corrected chi connectivity index (χ3v) is 3.91. The first-order valence-electron chi connectivity index (χ1n) is 7.29. The highest BCUT2D eigenvalue weighted by Crippen LogP contribution is 2.21. The van der Waals surface area contributed by atoms with Gasteiger partial charge in [-0.1, -0.05) is 23.7 Å². The zero-order chi connectivity index (χ0) is 15.7. The van der Waals surface area contributed by atoms with Crippen LogP contribution in [0.25, 0.3) is 11.3 Å². The number of benzene rings is 1. The number of ether oxygens (including phenoxy) is 1. The quantitative estimate of drug-likeness (QED) is 0.925. The van der Waals surface area contributed by atoms with Crippen LogP contribution in [0.2, 0.25) is 5.02 Å². The molecule has 1 aromatic carbocycles. The Kier molecular flexibility index (Phi) is 4.18. The number of carbonyl (C=O) groups excluding carboxylic acids is 1. The van der Waals surface area contributed by atoms with Gasteiger partial charge in [0.15, 0.2) is 0 Å². The summed E-state index contributed by atoms with van der Waals surface area (Å²) in [5.74, 6) is -0.0466. The number of aromatic amines is 1. The Labute approximate surface area is 134 Å². The van der Waals surface area contributed by atoms with Crippen LogP contribution < -0.4 is 0 Å². The topological polar surface area (TPSA) is 58.2 Å². The first kappa shape index (κ1) is 15.1. The second-order valence-corrected chi connectivity index (χ2v) is 6.08. The number of hydrogen-bond donors (Lipinski definition) is 1. The van der Waals surface area contributed by atoms with Gasteiger partial charge in [0.25, 0.3) is 5.91 Å². The Morgan fingerprint density at radius 3 is 2.55 bits per heavy atom. The fraction of sp³-hybridized carbons (Fsp3) is 0.375. The van der Waals surface area contributed by atoms with E-state index in [1.165, 1.54) is 0 Å². The van der Waals surface area contributed by atoms with Crippen LogP contribution in [0.4, 0.5) is 0 Å². The molecule has 2 atom stereocenters. The smallest absolute Gasteiger partial charge is 0.272 e. The van der Waals surface area contributed by atoms with Gasteiger partial charge in [-0.15, -0.1) is 0 Å². The molecule has 1 saturated heterocycles.